The molecule has 51 heavy (non-hydrogen) atoms. The number of rotatable bonds is 18. The number of aromatic nitrogens is 1. The summed E-state index contributed by atoms with van der Waals surface area (Å²) in [6.45, 7) is 3.69. The van der Waals surface area contributed by atoms with E-state index >= 15 is 0 Å². The fourth-order valence-corrected chi connectivity index (χ4v) is 6.43. The van der Waals surface area contributed by atoms with Crippen molar-refractivity contribution in [3.63, 3.8) is 0 Å². The summed E-state index contributed by atoms with van der Waals surface area (Å²) < 4.78 is 16.5. The van der Waals surface area contributed by atoms with E-state index in [1.54, 1.807) is 11.7 Å². The van der Waals surface area contributed by atoms with Crippen molar-refractivity contribution >= 4 is 29.4 Å². The Morgan fingerprint density at radius 1 is 0.706 bits per heavy atom. The van der Waals surface area contributed by atoms with Gasteiger partial charge in [0.1, 0.15) is 19.3 Å². The molecule has 0 bridgehead atoms. The number of alkyl carbamates (subject to hydrolysis) is 2. The largest absolute Gasteiger partial charge is 0.445 e. The van der Waals surface area contributed by atoms with Crippen LogP contribution in [0.4, 0.5) is 9.59 Å². The van der Waals surface area contributed by atoms with E-state index in [4.69, 9.17) is 14.2 Å². The monoisotopic (exact) mass is 713 g/mol. The average molecular weight is 714 g/mol. The molecule has 11 nitrogen and oxygen atoms in total. The molecule has 270 valence electrons. The SMILES string of the molecule is O=C(N[C@H](CC[C@H](Cc1ccccc1)NC(=O)[C@H](CCN1CCOCC1)NC(=O)OCc1ccccc1)Cc1ccccc1)OCc1cncs1. The lowest BCUT2D eigenvalue weighted by atomic mass is 9.95. The van der Waals surface area contributed by atoms with Gasteiger partial charge in [-0.05, 0) is 48.8 Å². The Balaban J connectivity index is 1.26. The summed E-state index contributed by atoms with van der Waals surface area (Å²) in [5.41, 5.74) is 4.71. The molecular weight excluding hydrogens is 667 g/mol. The second-order valence-electron chi connectivity index (χ2n) is 12.5. The van der Waals surface area contributed by atoms with Crippen molar-refractivity contribution < 1.29 is 28.6 Å². The van der Waals surface area contributed by atoms with Crippen LogP contribution in [0.3, 0.4) is 0 Å². The summed E-state index contributed by atoms with van der Waals surface area (Å²) in [6, 6.07) is 28.0. The third-order valence-corrected chi connectivity index (χ3v) is 9.42. The number of thiazole rings is 1. The Bertz CT molecular complexity index is 1590. The van der Waals surface area contributed by atoms with E-state index in [-0.39, 0.29) is 31.2 Å². The first kappa shape index (κ1) is 37.5. The molecule has 3 N–H and O–H groups in total. The molecule has 1 aliphatic heterocycles. The van der Waals surface area contributed by atoms with Crippen molar-refractivity contribution in [3.8, 4) is 0 Å². The number of carbonyl (C=O) groups excluding carboxylic acids is 3. The maximum atomic E-state index is 14.0. The standard InChI is InChI=1S/C39H47N5O6S/c45-37(36(18-19-44-20-22-48-23-21-44)43-39(47)49-27-32-14-8-3-9-15-32)41-33(24-30-10-4-1-5-11-30)16-17-34(25-31-12-6-2-7-13-31)42-38(46)50-28-35-26-40-29-51-35/h1-15,26,29,33-34,36H,16-25,27-28H2,(H,41,45)(H,42,46)(H,43,47)/t33-,34-,36+/m1/s1. The van der Waals surface area contributed by atoms with E-state index in [0.29, 0.717) is 51.9 Å². The maximum Gasteiger partial charge on any atom is 0.408 e. The zero-order valence-electron chi connectivity index (χ0n) is 28.8. The highest BCUT2D eigenvalue weighted by Crippen LogP contribution is 2.15. The summed E-state index contributed by atoms with van der Waals surface area (Å²) in [5.74, 6) is -0.280. The number of nitrogens with one attached hydrogen (secondary N) is 3. The maximum absolute atomic E-state index is 14.0. The normalized spacial score (nSPS) is 14.8. The number of carbonyl (C=O) groups is 3. The van der Waals surface area contributed by atoms with Gasteiger partial charge in [-0.25, -0.2) is 9.59 Å². The van der Waals surface area contributed by atoms with Gasteiger partial charge in [0, 0.05) is 37.9 Å². The summed E-state index contributed by atoms with van der Waals surface area (Å²) >= 11 is 1.43. The second-order valence-corrected chi connectivity index (χ2v) is 13.5. The molecule has 1 aromatic heterocycles. The van der Waals surface area contributed by atoms with E-state index < -0.39 is 18.2 Å². The van der Waals surface area contributed by atoms with Crippen LogP contribution in [0, 0.1) is 0 Å². The smallest absolute Gasteiger partial charge is 0.408 e. The Morgan fingerprint density at radius 2 is 1.25 bits per heavy atom. The fraction of sp³-hybridized carbons (Fsp3) is 0.385. The lowest BCUT2D eigenvalue weighted by molar-refractivity contribution is -0.124. The zero-order valence-corrected chi connectivity index (χ0v) is 29.6. The van der Waals surface area contributed by atoms with Crippen molar-refractivity contribution in [2.45, 2.75) is 63.4 Å². The molecule has 3 atom stereocenters. The van der Waals surface area contributed by atoms with E-state index in [0.717, 1.165) is 34.7 Å². The van der Waals surface area contributed by atoms with Crippen LogP contribution in [0.2, 0.25) is 0 Å². The highest BCUT2D eigenvalue weighted by molar-refractivity contribution is 7.09. The minimum atomic E-state index is -0.811. The molecular formula is C39H47N5O6S. The molecule has 0 spiro atoms. The summed E-state index contributed by atoms with van der Waals surface area (Å²) in [6.07, 6.45) is 3.26. The molecule has 1 aliphatic rings. The molecule has 1 fully saturated rings. The van der Waals surface area contributed by atoms with Gasteiger partial charge in [0.2, 0.25) is 5.91 Å². The quantitative estimate of drug-likeness (QED) is 0.123. The number of hydrogen-bond acceptors (Lipinski definition) is 9. The number of ether oxygens (including phenoxy) is 3. The minimum absolute atomic E-state index is 0.101. The van der Waals surface area contributed by atoms with Gasteiger partial charge in [-0.15, -0.1) is 11.3 Å². The molecule has 3 aromatic carbocycles. The van der Waals surface area contributed by atoms with Crippen LogP contribution in [-0.4, -0.2) is 79.0 Å². The van der Waals surface area contributed by atoms with Crippen molar-refractivity contribution in [1.29, 1.82) is 0 Å². The third-order valence-electron chi connectivity index (χ3n) is 8.67. The first-order valence-electron chi connectivity index (χ1n) is 17.5. The molecule has 4 aromatic rings. The molecule has 0 radical (unpaired) electrons. The van der Waals surface area contributed by atoms with Crippen molar-refractivity contribution in [3.05, 3.63) is 124 Å². The zero-order chi connectivity index (χ0) is 35.5. The molecule has 0 saturated carbocycles. The topological polar surface area (TPSA) is 131 Å². The molecule has 0 unspecified atom stereocenters. The van der Waals surface area contributed by atoms with Crippen molar-refractivity contribution in [2.75, 3.05) is 32.8 Å². The Kier molecular flexibility index (Phi) is 15.3. The van der Waals surface area contributed by atoms with Crippen LogP contribution in [-0.2, 0) is 45.1 Å². The molecule has 2 heterocycles. The predicted octanol–water partition coefficient (Wildman–Crippen LogP) is 5.51. The predicted molar refractivity (Wildman–Crippen MR) is 196 cm³/mol. The average Bonchev–Trinajstić information content (AvgIpc) is 3.69. The van der Waals surface area contributed by atoms with Gasteiger partial charge in [-0.1, -0.05) is 91.0 Å². The molecule has 1 saturated heterocycles. The first-order chi connectivity index (χ1) is 25.0. The first-order valence-corrected chi connectivity index (χ1v) is 18.3. The highest BCUT2D eigenvalue weighted by Gasteiger charge is 2.26. The van der Waals surface area contributed by atoms with Crippen LogP contribution in [0.1, 0.15) is 40.8 Å². The number of amides is 3. The van der Waals surface area contributed by atoms with E-state index in [9.17, 15) is 14.4 Å². The summed E-state index contributed by atoms with van der Waals surface area (Å²) in [4.78, 5) is 47.0. The number of nitrogens with zero attached hydrogens (tertiary/aromatic N) is 2. The lowest BCUT2D eigenvalue weighted by Crippen LogP contribution is -2.52. The molecule has 3 amide bonds. The van der Waals surface area contributed by atoms with Crippen molar-refractivity contribution in [1.82, 2.24) is 25.8 Å². The third kappa shape index (κ3) is 13.8. The van der Waals surface area contributed by atoms with Crippen molar-refractivity contribution in [2.24, 2.45) is 0 Å². The van der Waals surface area contributed by atoms with Gasteiger partial charge in [0.25, 0.3) is 0 Å². The highest BCUT2D eigenvalue weighted by atomic mass is 32.1. The van der Waals surface area contributed by atoms with E-state index in [1.807, 2.05) is 91.0 Å². The van der Waals surface area contributed by atoms with Crippen LogP contribution >= 0.6 is 11.3 Å². The van der Waals surface area contributed by atoms with Gasteiger partial charge in [-0.3, -0.25) is 14.7 Å². The van der Waals surface area contributed by atoms with Gasteiger partial charge in [0.15, 0.2) is 0 Å². The summed E-state index contributed by atoms with van der Waals surface area (Å²) in [7, 11) is 0. The molecule has 5 rings (SSSR count). The fourth-order valence-electron chi connectivity index (χ4n) is 5.92. The Labute approximate surface area is 303 Å². The molecule has 0 aliphatic carbocycles. The number of benzene rings is 3. The number of morpholine rings is 1. The number of hydrogen-bond donors (Lipinski definition) is 3. The molecule has 12 heteroatoms. The second kappa shape index (κ2) is 20.8. The summed E-state index contributed by atoms with van der Waals surface area (Å²) in [5, 5.41) is 9.14. The van der Waals surface area contributed by atoms with Gasteiger partial charge >= 0.3 is 12.2 Å². The van der Waals surface area contributed by atoms with Crippen LogP contribution in [0.25, 0.3) is 0 Å². The Hall–Kier alpha value is -4.78. The lowest BCUT2D eigenvalue weighted by Gasteiger charge is -2.29. The van der Waals surface area contributed by atoms with Gasteiger partial charge in [0.05, 0.1) is 23.6 Å². The van der Waals surface area contributed by atoms with Crippen LogP contribution in [0.15, 0.2) is 103 Å². The van der Waals surface area contributed by atoms with Crippen LogP contribution < -0.4 is 16.0 Å². The van der Waals surface area contributed by atoms with Crippen LogP contribution in [0.5, 0.6) is 0 Å². The minimum Gasteiger partial charge on any atom is -0.445 e. The van der Waals surface area contributed by atoms with E-state index in [1.165, 1.54) is 11.3 Å². The van der Waals surface area contributed by atoms with Gasteiger partial charge in [-0.2, -0.15) is 0 Å². The van der Waals surface area contributed by atoms with Gasteiger partial charge < -0.3 is 30.2 Å². The van der Waals surface area contributed by atoms with E-state index in [2.05, 4.69) is 25.8 Å². The Morgan fingerprint density at radius 3 is 1.84 bits per heavy atom.